The highest BCUT2D eigenvalue weighted by molar-refractivity contribution is 7.80. The number of aromatic nitrogens is 1. The number of hydrogen-bond donors (Lipinski definition) is 2. The van der Waals surface area contributed by atoms with Gasteiger partial charge in [-0.05, 0) is 34.9 Å². The molecule has 3 aromatic rings. The van der Waals surface area contributed by atoms with Gasteiger partial charge in [0.15, 0.2) is 0 Å². The summed E-state index contributed by atoms with van der Waals surface area (Å²) in [6, 6.07) is 18.1. The molecule has 1 unspecified atom stereocenters. The summed E-state index contributed by atoms with van der Waals surface area (Å²) in [4.78, 5) is 22.0. The lowest BCUT2D eigenvalue weighted by atomic mass is 10.0. The molecule has 1 aliphatic rings. The Labute approximate surface area is 201 Å². The first-order valence-electron chi connectivity index (χ1n) is 11.5. The first kappa shape index (κ1) is 23.7. The molecule has 1 amide bonds. The molecule has 0 bridgehead atoms. The molecule has 0 radical (unpaired) electrons. The number of fused-ring (bicyclic) bond motifs is 1. The van der Waals surface area contributed by atoms with Crippen LogP contribution in [0.25, 0.3) is 10.8 Å². The normalized spacial score (nSPS) is 17.9. The quantitative estimate of drug-likeness (QED) is 0.376. The summed E-state index contributed by atoms with van der Waals surface area (Å²) < 4.78 is 5.92. The van der Waals surface area contributed by atoms with Crippen molar-refractivity contribution in [3.63, 3.8) is 0 Å². The monoisotopic (exact) mass is 464 g/mol. The summed E-state index contributed by atoms with van der Waals surface area (Å²) in [6.07, 6.45) is 4.41. The van der Waals surface area contributed by atoms with Crippen LogP contribution in [0.3, 0.4) is 0 Å². The van der Waals surface area contributed by atoms with E-state index in [4.69, 9.17) is 10.5 Å². The number of thiol groups is 1. The first-order chi connectivity index (χ1) is 16.2. The van der Waals surface area contributed by atoms with Crippen LogP contribution < -0.4 is 5.73 Å². The second-order valence-corrected chi connectivity index (χ2v) is 8.94. The standard InChI is InChI=1S/C26H32N4O2S/c27-22(19-33)16-29-12-13-30(17-23(29)10-14-32-18-20-5-4-11-28-15-20)26(31)25-9-3-7-21-6-1-2-8-24(21)25/h1-9,11,15,22-23,33H,10,12-14,16-19,27H2/t22-,23?/m1/s1. The van der Waals surface area contributed by atoms with Crippen molar-refractivity contribution in [2.75, 3.05) is 38.5 Å². The second kappa shape index (κ2) is 11.6. The Morgan fingerprint density at radius 2 is 2.00 bits per heavy atom. The molecule has 2 aromatic carbocycles. The van der Waals surface area contributed by atoms with Crippen molar-refractivity contribution >= 4 is 29.3 Å². The van der Waals surface area contributed by atoms with Crippen LogP contribution in [-0.4, -0.2) is 71.3 Å². The fourth-order valence-electron chi connectivity index (χ4n) is 4.43. The zero-order valence-electron chi connectivity index (χ0n) is 18.8. The van der Waals surface area contributed by atoms with Crippen molar-refractivity contribution in [1.29, 1.82) is 0 Å². The van der Waals surface area contributed by atoms with Gasteiger partial charge in [-0.1, -0.05) is 42.5 Å². The number of benzene rings is 2. The molecule has 0 aliphatic carbocycles. The number of carbonyl (C=O) groups is 1. The molecule has 2 atom stereocenters. The van der Waals surface area contributed by atoms with Crippen LogP contribution in [0.15, 0.2) is 67.0 Å². The summed E-state index contributed by atoms with van der Waals surface area (Å²) >= 11 is 4.36. The number of hydrogen-bond acceptors (Lipinski definition) is 6. The first-order valence-corrected chi connectivity index (χ1v) is 12.1. The summed E-state index contributed by atoms with van der Waals surface area (Å²) in [5, 5.41) is 2.09. The highest BCUT2D eigenvalue weighted by Crippen LogP contribution is 2.22. The van der Waals surface area contributed by atoms with Crippen molar-refractivity contribution in [3.8, 4) is 0 Å². The van der Waals surface area contributed by atoms with E-state index < -0.39 is 0 Å². The maximum Gasteiger partial charge on any atom is 0.254 e. The number of carbonyl (C=O) groups excluding carboxylic acids is 1. The average Bonchev–Trinajstić information content (AvgIpc) is 2.87. The molecule has 1 aromatic heterocycles. The number of pyridine rings is 1. The SMILES string of the molecule is N[C@@H](CS)CN1CCN(C(=O)c2cccc3ccccc23)CC1CCOCc1cccnc1. The Kier molecular flexibility index (Phi) is 8.34. The third-order valence-corrected chi connectivity index (χ3v) is 6.67. The van der Waals surface area contributed by atoms with E-state index in [2.05, 4.69) is 22.5 Å². The number of rotatable bonds is 9. The van der Waals surface area contributed by atoms with Gasteiger partial charge in [0.05, 0.1) is 6.61 Å². The van der Waals surface area contributed by atoms with Gasteiger partial charge in [0.25, 0.3) is 5.91 Å². The molecule has 2 N–H and O–H groups in total. The summed E-state index contributed by atoms with van der Waals surface area (Å²) in [6.45, 7) is 4.07. The van der Waals surface area contributed by atoms with Gasteiger partial charge in [0, 0.05) is 68.6 Å². The van der Waals surface area contributed by atoms with E-state index in [0.717, 1.165) is 41.4 Å². The minimum atomic E-state index is 0.00691. The lowest BCUT2D eigenvalue weighted by Gasteiger charge is -2.42. The van der Waals surface area contributed by atoms with Crippen molar-refractivity contribution in [2.24, 2.45) is 5.73 Å². The molecule has 1 fully saturated rings. The molecule has 7 heteroatoms. The highest BCUT2D eigenvalue weighted by atomic mass is 32.1. The molecule has 4 rings (SSSR count). The van der Waals surface area contributed by atoms with Crippen LogP contribution in [0.4, 0.5) is 0 Å². The molecule has 33 heavy (non-hydrogen) atoms. The molecule has 1 aliphatic heterocycles. The van der Waals surface area contributed by atoms with Crippen molar-refractivity contribution in [2.45, 2.75) is 25.1 Å². The Hall–Kier alpha value is -2.45. The van der Waals surface area contributed by atoms with Crippen LogP contribution in [-0.2, 0) is 11.3 Å². The van der Waals surface area contributed by atoms with Crippen LogP contribution in [0.5, 0.6) is 0 Å². The van der Waals surface area contributed by atoms with Crippen LogP contribution in [0, 0.1) is 0 Å². The van der Waals surface area contributed by atoms with Gasteiger partial charge in [0.2, 0.25) is 0 Å². The van der Waals surface area contributed by atoms with Gasteiger partial charge in [0.1, 0.15) is 0 Å². The molecule has 1 saturated heterocycles. The van der Waals surface area contributed by atoms with Gasteiger partial charge in [-0.3, -0.25) is 14.7 Å². The minimum Gasteiger partial charge on any atom is -0.377 e. The van der Waals surface area contributed by atoms with Crippen molar-refractivity contribution in [1.82, 2.24) is 14.8 Å². The number of ether oxygens (including phenoxy) is 1. The molecule has 174 valence electrons. The smallest absolute Gasteiger partial charge is 0.254 e. The lowest BCUT2D eigenvalue weighted by molar-refractivity contribution is 0.0317. The van der Waals surface area contributed by atoms with E-state index in [9.17, 15) is 4.79 Å². The maximum atomic E-state index is 13.5. The summed E-state index contributed by atoms with van der Waals surface area (Å²) in [5.41, 5.74) is 8.03. The third-order valence-electron chi connectivity index (χ3n) is 6.20. The fraction of sp³-hybridized carbons (Fsp3) is 0.385. The van der Waals surface area contributed by atoms with Gasteiger partial charge >= 0.3 is 0 Å². The van der Waals surface area contributed by atoms with E-state index in [1.54, 1.807) is 6.20 Å². The molecular weight excluding hydrogens is 432 g/mol. The number of nitrogens with two attached hydrogens (primary N) is 1. The fourth-order valence-corrected chi connectivity index (χ4v) is 4.54. The molecule has 0 saturated carbocycles. The van der Waals surface area contributed by atoms with Gasteiger partial charge in [-0.25, -0.2) is 0 Å². The van der Waals surface area contributed by atoms with Crippen molar-refractivity contribution < 1.29 is 9.53 Å². The zero-order valence-corrected chi connectivity index (χ0v) is 19.7. The average molecular weight is 465 g/mol. The Morgan fingerprint density at radius 1 is 1.15 bits per heavy atom. The lowest BCUT2D eigenvalue weighted by Crippen LogP contribution is -2.57. The number of piperazine rings is 1. The van der Waals surface area contributed by atoms with Crippen LogP contribution in [0.2, 0.25) is 0 Å². The Morgan fingerprint density at radius 3 is 2.82 bits per heavy atom. The largest absolute Gasteiger partial charge is 0.377 e. The highest BCUT2D eigenvalue weighted by Gasteiger charge is 2.31. The minimum absolute atomic E-state index is 0.00691. The maximum absolute atomic E-state index is 13.5. The third kappa shape index (κ3) is 6.12. The van der Waals surface area contributed by atoms with E-state index in [0.29, 0.717) is 32.1 Å². The predicted octanol–water partition coefficient (Wildman–Crippen LogP) is 3.23. The van der Waals surface area contributed by atoms with Crippen LogP contribution >= 0.6 is 12.6 Å². The molecule has 6 nitrogen and oxygen atoms in total. The molecule has 0 spiro atoms. The van der Waals surface area contributed by atoms with E-state index in [1.807, 2.05) is 65.7 Å². The van der Waals surface area contributed by atoms with Crippen molar-refractivity contribution in [3.05, 3.63) is 78.1 Å². The topological polar surface area (TPSA) is 71.7 Å². The van der Waals surface area contributed by atoms with Gasteiger partial charge in [-0.2, -0.15) is 12.6 Å². The molecule has 2 heterocycles. The summed E-state index contributed by atoms with van der Waals surface area (Å²) in [5.74, 6) is 0.727. The predicted molar refractivity (Wildman–Crippen MR) is 136 cm³/mol. The zero-order chi connectivity index (χ0) is 23.0. The van der Waals surface area contributed by atoms with E-state index in [1.165, 1.54) is 0 Å². The van der Waals surface area contributed by atoms with Crippen LogP contribution in [0.1, 0.15) is 22.3 Å². The second-order valence-electron chi connectivity index (χ2n) is 8.57. The van der Waals surface area contributed by atoms with E-state index in [-0.39, 0.29) is 18.0 Å². The van der Waals surface area contributed by atoms with Gasteiger partial charge < -0.3 is 15.4 Å². The number of amides is 1. The van der Waals surface area contributed by atoms with E-state index >= 15 is 0 Å². The molecular formula is C26H32N4O2S. The van der Waals surface area contributed by atoms with Gasteiger partial charge in [-0.15, -0.1) is 0 Å². The Bertz CT molecular complexity index is 1040. The number of nitrogens with zero attached hydrogens (tertiary/aromatic N) is 3. The summed E-state index contributed by atoms with van der Waals surface area (Å²) in [7, 11) is 0. The Balaban J connectivity index is 1.43.